The van der Waals surface area contributed by atoms with Crippen molar-refractivity contribution < 1.29 is 42.2 Å². The molecule has 3 N–H and O–H groups in total. The van der Waals surface area contributed by atoms with Crippen molar-refractivity contribution in [1.29, 1.82) is 0 Å². The zero-order valence-electron chi connectivity index (χ0n) is 41.1. The van der Waals surface area contributed by atoms with Gasteiger partial charge in [-0.05, 0) is 96.8 Å². The SMILES string of the molecule is COC(=O)c1ccc2c(c1)nc1n2CC[C@@H]2N[C@@]3(C(=O)Nc4cc(Cl)ccc43)[C@@H](c3cccc(Cl)c3F)[C@H]12.COC(=O)c1ccc2c(c1)nc1n2CC[C@H]2[C@@H]1[C@H](c1cccc(Cl)c1F)[C@]1(C(=O)Nc3cc(Cl)ccc31)N2C=O. The lowest BCUT2D eigenvalue weighted by atomic mass is 9.70. The Labute approximate surface area is 462 Å². The number of hydrogen-bond acceptors (Lipinski definition) is 10. The third-order valence-corrected chi connectivity index (χ3v) is 17.8. The fourth-order valence-corrected chi connectivity index (χ4v) is 14.4. The molecule has 0 radical (unpaired) electrons. The summed E-state index contributed by atoms with van der Waals surface area (Å²) in [5.41, 5.74) is 3.60. The maximum absolute atomic E-state index is 15.9. The van der Waals surface area contributed by atoms with E-state index in [9.17, 15) is 24.0 Å². The quantitative estimate of drug-likeness (QED) is 0.111. The number of hydrogen-bond donors (Lipinski definition) is 3. The lowest BCUT2D eigenvalue weighted by Gasteiger charge is -2.37. The second-order valence-corrected chi connectivity index (χ2v) is 21.9. The van der Waals surface area contributed by atoms with E-state index in [0.29, 0.717) is 98.4 Å². The number of nitrogens with zero attached hydrogens (tertiary/aromatic N) is 5. The number of amides is 3. The predicted octanol–water partition coefficient (Wildman–Crippen LogP) is 10.6. The van der Waals surface area contributed by atoms with Crippen LogP contribution in [0.2, 0.25) is 20.1 Å². The van der Waals surface area contributed by atoms with Gasteiger partial charge in [-0.15, -0.1) is 0 Å². The summed E-state index contributed by atoms with van der Waals surface area (Å²) in [5.74, 6) is -4.04. The minimum Gasteiger partial charge on any atom is -0.465 e. The van der Waals surface area contributed by atoms with Crippen LogP contribution in [0.1, 0.15) is 91.1 Å². The second-order valence-electron chi connectivity index (χ2n) is 20.2. The van der Waals surface area contributed by atoms with Crippen LogP contribution >= 0.6 is 46.4 Å². The van der Waals surface area contributed by atoms with Gasteiger partial charge < -0.3 is 34.1 Å². The van der Waals surface area contributed by atoms with Gasteiger partial charge in [-0.3, -0.25) is 19.7 Å². The topological polar surface area (TPSA) is 179 Å². The van der Waals surface area contributed by atoms with Gasteiger partial charge >= 0.3 is 11.9 Å². The van der Waals surface area contributed by atoms with E-state index in [4.69, 9.17) is 65.8 Å². The highest BCUT2D eigenvalue weighted by Crippen LogP contribution is 2.64. The summed E-state index contributed by atoms with van der Waals surface area (Å²) < 4.78 is 45.6. The lowest BCUT2D eigenvalue weighted by molar-refractivity contribution is -0.137. The van der Waals surface area contributed by atoms with Crippen LogP contribution in [0, 0.1) is 11.6 Å². The first-order valence-electron chi connectivity index (χ1n) is 24.9. The van der Waals surface area contributed by atoms with Crippen LogP contribution < -0.4 is 16.0 Å². The van der Waals surface area contributed by atoms with Gasteiger partial charge in [-0.2, -0.15) is 0 Å². The molecule has 6 aliphatic rings. The van der Waals surface area contributed by atoms with E-state index in [0.717, 1.165) is 16.9 Å². The Bertz CT molecular complexity index is 3970. The van der Waals surface area contributed by atoms with E-state index in [1.807, 2.05) is 16.7 Å². The van der Waals surface area contributed by atoms with Gasteiger partial charge in [-0.25, -0.2) is 28.3 Å². The van der Waals surface area contributed by atoms with Crippen molar-refractivity contribution >= 4 is 110 Å². The Hall–Kier alpha value is -7.41. The molecule has 2 saturated heterocycles. The van der Waals surface area contributed by atoms with Crippen LogP contribution in [0.5, 0.6) is 0 Å². The number of rotatable bonds is 5. The van der Waals surface area contributed by atoms with E-state index >= 15 is 8.78 Å². The van der Waals surface area contributed by atoms with E-state index in [1.54, 1.807) is 84.9 Å². The molecular formula is C57H42Cl4F2N8O7. The van der Waals surface area contributed by atoms with Crippen LogP contribution in [0.3, 0.4) is 0 Å². The number of aryl methyl sites for hydroxylation is 2. The molecule has 6 aromatic carbocycles. The van der Waals surface area contributed by atoms with Crippen LogP contribution in [0.25, 0.3) is 22.1 Å². The maximum atomic E-state index is 15.9. The zero-order chi connectivity index (χ0) is 54.3. The Morgan fingerprint density at radius 2 is 1.18 bits per heavy atom. The van der Waals surface area contributed by atoms with Gasteiger partial charge in [0.1, 0.15) is 28.8 Å². The molecule has 0 saturated carbocycles. The number of aromatic nitrogens is 4. The molecule has 2 fully saturated rings. The molecule has 8 heterocycles. The average Bonchev–Trinajstić information content (AvgIpc) is 4.21. The van der Waals surface area contributed by atoms with Crippen LogP contribution in [-0.2, 0) is 48.0 Å². The lowest BCUT2D eigenvalue weighted by Crippen LogP contribution is -2.51. The van der Waals surface area contributed by atoms with Gasteiger partial charge in [0.05, 0.1) is 57.5 Å². The smallest absolute Gasteiger partial charge is 0.337 e. The van der Waals surface area contributed by atoms with Crippen molar-refractivity contribution in [3.05, 3.63) is 186 Å². The third-order valence-electron chi connectivity index (χ3n) is 16.7. The summed E-state index contributed by atoms with van der Waals surface area (Å²) in [7, 11) is 2.64. The number of likely N-dealkylation sites (tertiary alicyclic amines) is 1. The molecule has 3 amide bonds. The summed E-state index contributed by atoms with van der Waals surface area (Å²) >= 11 is 25.0. The summed E-state index contributed by atoms with van der Waals surface area (Å²) in [6, 6.07) is 29.6. The monoisotopic (exact) mass is 1130 g/mol. The molecule has 394 valence electrons. The van der Waals surface area contributed by atoms with Gasteiger partial charge in [-0.1, -0.05) is 82.8 Å². The highest BCUT2D eigenvalue weighted by Gasteiger charge is 2.69. The van der Waals surface area contributed by atoms with Gasteiger partial charge in [0.15, 0.2) is 5.54 Å². The third kappa shape index (κ3) is 7.00. The number of nitrogens with one attached hydrogen (secondary N) is 3. The zero-order valence-corrected chi connectivity index (χ0v) is 44.1. The molecule has 14 rings (SSSR count). The fraction of sp³-hybridized carbons (Fsp3) is 0.246. The van der Waals surface area contributed by atoms with Crippen molar-refractivity contribution in [1.82, 2.24) is 29.3 Å². The molecule has 8 aromatic rings. The first-order valence-corrected chi connectivity index (χ1v) is 26.4. The predicted molar refractivity (Wildman–Crippen MR) is 287 cm³/mol. The number of imidazole rings is 2. The number of halogens is 6. The minimum absolute atomic E-state index is 0.0112. The number of carbonyl (C=O) groups is 5. The van der Waals surface area contributed by atoms with Gasteiger partial charge in [0.2, 0.25) is 12.3 Å². The van der Waals surface area contributed by atoms with Crippen molar-refractivity contribution in [3.8, 4) is 0 Å². The normalized spacial score (nSPS) is 24.9. The van der Waals surface area contributed by atoms with Crippen LogP contribution in [0.4, 0.5) is 20.2 Å². The molecule has 15 nitrogen and oxygen atoms in total. The molecule has 0 unspecified atom stereocenters. The van der Waals surface area contributed by atoms with Crippen LogP contribution in [-0.4, -0.2) is 80.5 Å². The molecule has 21 heteroatoms. The van der Waals surface area contributed by atoms with E-state index in [2.05, 4.69) is 20.5 Å². The van der Waals surface area contributed by atoms with Gasteiger partial charge in [0, 0.05) is 81.4 Å². The Morgan fingerprint density at radius 1 is 0.654 bits per heavy atom. The summed E-state index contributed by atoms with van der Waals surface area (Å²) in [6.45, 7) is 1.15. The Morgan fingerprint density at radius 3 is 1.76 bits per heavy atom. The molecule has 0 bridgehead atoms. The average molecular weight is 1130 g/mol. The first-order chi connectivity index (χ1) is 37.6. The van der Waals surface area contributed by atoms with Crippen molar-refractivity contribution in [2.45, 2.75) is 72.8 Å². The number of anilines is 2. The molecule has 2 spiro atoms. The van der Waals surface area contributed by atoms with Crippen molar-refractivity contribution in [2.75, 3.05) is 24.9 Å². The summed E-state index contributed by atoms with van der Waals surface area (Å²) in [4.78, 5) is 76.7. The number of fused-ring (bicyclic) bond motifs is 14. The largest absolute Gasteiger partial charge is 0.465 e. The summed E-state index contributed by atoms with van der Waals surface area (Å²) in [5, 5.41) is 10.3. The summed E-state index contributed by atoms with van der Waals surface area (Å²) in [6.07, 6.45) is 1.87. The fourth-order valence-electron chi connectivity index (χ4n) is 13.7. The van der Waals surface area contributed by atoms with E-state index in [1.165, 1.54) is 31.3 Å². The molecule has 6 aliphatic heterocycles. The number of ether oxygens (including phenoxy) is 2. The number of methoxy groups -OCH3 is 2. The van der Waals surface area contributed by atoms with E-state index < -0.39 is 64.4 Å². The number of carbonyl (C=O) groups excluding carboxylic acids is 5. The van der Waals surface area contributed by atoms with Gasteiger partial charge in [0.25, 0.3) is 5.91 Å². The van der Waals surface area contributed by atoms with Crippen LogP contribution in [0.15, 0.2) is 109 Å². The minimum atomic E-state index is -1.58. The standard InChI is InChI=1S/C29H21Cl2FN4O4.C28H21Cl2FN4O3/c1-40-27(38)14-5-8-21-20(11-14)33-26-23-22(9-10-35(21)26)36(13-37)29(24(23)16-3-2-4-18(31)25(16)32)17-7-6-15(30)12-19(17)34-28(29)39;1-38-26(36)13-5-8-21-20(11-13)32-25-22-18(9-10-35(21)25)34-28(23(22)15-3-2-4-17(30)24(15)31)16-7-6-14(29)12-19(16)33-27(28)37/h2-8,11-13,22-24H,9-10H2,1H3,(H,34,39);2-8,11-12,18,22-23,34H,9-10H2,1H3,(H,33,37)/t22-,23+,24-,29+;18-,22+,23-,28+/m00/s1. The highest BCUT2D eigenvalue weighted by molar-refractivity contribution is 6.32. The van der Waals surface area contributed by atoms with Crippen molar-refractivity contribution in [3.63, 3.8) is 0 Å². The van der Waals surface area contributed by atoms with E-state index in [-0.39, 0.29) is 33.5 Å². The Kier molecular flexibility index (Phi) is 11.8. The highest BCUT2D eigenvalue weighted by atomic mass is 35.5. The first kappa shape index (κ1) is 50.1. The molecular weight excluding hydrogens is 1090 g/mol. The van der Waals surface area contributed by atoms with Crippen molar-refractivity contribution in [2.24, 2.45) is 0 Å². The maximum Gasteiger partial charge on any atom is 0.337 e. The Balaban J connectivity index is 0.000000149. The molecule has 8 atom stereocenters. The molecule has 78 heavy (non-hydrogen) atoms. The number of esters is 2. The molecule has 0 aliphatic carbocycles. The molecule has 2 aromatic heterocycles. The second kappa shape index (κ2) is 18.3. The number of benzene rings is 6.